The zero-order chi connectivity index (χ0) is 12.3. The second-order valence-corrected chi connectivity index (χ2v) is 3.02. The Bertz CT molecular complexity index is 341. The van der Waals surface area contributed by atoms with Gasteiger partial charge in [-0.3, -0.25) is 0 Å². The molecular formula is C10H11F3O3. The fourth-order valence-electron chi connectivity index (χ4n) is 1.31. The van der Waals surface area contributed by atoms with Crippen molar-refractivity contribution >= 4 is 0 Å². The molecule has 0 fully saturated rings. The zero-order valence-corrected chi connectivity index (χ0v) is 8.71. The lowest BCUT2D eigenvalue weighted by Crippen LogP contribution is -2.21. The minimum absolute atomic E-state index is 0.0656. The van der Waals surface area contributed by atoms with E-state index in [1.807, 2.05) is 0 Å². The summed E-state index contributed by atoms with van der Waals surface area (Å²) in [6.07, 6.45) is -7.39. The van der Waals surface area contributed by atoms with Gasteiger partial charge in [-0.2, -0.15) is 13.2 Å². The van der Waals surface area contributed by atoms with Gasteiger partial charge < -0.3 is 14.6 Å². The quantitative estimate of drug-likeness (QED) is 0.875. The van der Waals surface area contributed by atoms with E-state index < -0.39 is 17.8 Å². The standard InChI is InChI=1S/C10H11F3O3/c1-15-6-4-3-5-7(16-2)8(6)9(14)10(11,12)13/h3-5,9,14H,1-2H3. The van der Waals surface area contributed by atoms with Gasteiger partial charge in [-0.05, 0) is 12.1 Å². The summed E-state index contributed by atoms with van der Waals surface area (Å²) in [5.74, 6) is -0.131. The molecule has 0 heterocycles. The highest BCUT2D eigenvalue weighted by Crippen LogP contribution is 2.41. The summed E-state index contributed by atoms with van der Waals surface area (Å²) >= 11 is 0. The van der Waals surface area contributed by atoms with Crippen LogP contribution in [0.25, 0.3) is 0 Å². The van der Waals surface area contributed by atoms with Crippen molar-refractivity contribution in [3.8, 4) is 11.5 Å². The lowest BCUT2D eigenvalue weighted by Gasteiger charge is -2.19. The number of benzene rings is 1. The average molecular weight is 236 g/mol. The van der Waals surface area contributed by atoms with Gasteiger partial charge in [0.2, 0.25) is 0 Å². The summed E-state index contributed by atoms with van der Waals surface area (Å²) in [6.45, 7) is 0. The Labute approximate surface area is 90.4 Å². The first kappa shape index (κ1) is 12.6. The predicted octanol–water partition coefficient (Wildman–Crippen LogP) is 2.30. The third-order valence-electron chi connectivity index (χ3n) is 2.05. The molecule has 1 atom stereocenters. The van der Waals surface area contributed by atoms with E-state index >= 15 is 0 Å². The lowest BCUT2D eigenvalue weighted by molar-refractivity contribution is -0.207. The van der Waals surface area contributed by atoms with Gasteiger partial charge in [-0.15, -0.1) is 0 Å². The summed E-state index contributed by atoms with van der Waals surface area (Å²) in [6, 6.07) is 4.13. The molecule has 0 aliphatic rings. The normalized spacial score (nSPS) is 13.4. The number of aliphatic hydroxyl groups excluding tert-OH is 1. The van der Waals surface area contributed by atoms with Gasteiger partial charge in [0.25, 0.3) is 0 Å². The molecule has 0 spiro atoms. The van der Waals surface area contributed by atoms with E-state index in [0.717, 1.165) is 0 Å². The summed E-state index contributed by atoms with van der Waals surface area (Å²) < 4.78 is 46.7. The molecule has 0 saturated heterocycles. The molecule has 0 aliphatic carbocycles. The van der Waals surface area contributed by atoms with Crippen molar-refractivity contribution in [1.29, 1.82) is 0 Å². The maximum Gasteiger partial charge on any atom is 0.418 e. The molecule has 6 heteroatoms. The molecule has 1 rings (SSSR count). The summed E-state index contributed by atoms with van der Waals surface area (Å²) in [7, 11) is 2.45. The first-order chi connectivity index (χ1) is 7.41. The summed E-state index contributed by atoms with van der Waals surface area (Å²) in [4.78, 5) is 0. The van der Waals surface area contributed by atoms with E-state index in [4.69, 9.17) is 9.47 Å². The molecule has 0 bridgehead atoms. The van der Waals surface area contributed by atoms with Crippen LogP contribution in [0.1, 0.15) is 11.7 Å². The highest BCUT2D eigenvalue weighted by atomic mass is 19.4. The third-order valence-corrected chi connectivity index (χ3v) is 2.05. The fraction of sp³-hybridized carbons (Fsp3) is 0.400. The number of aliphatic hydroxyl groups is 1. The summed E-state index contributed by atoms with van der Waals surface area (Å²) in [5, 5.41) is 9.20. The van der Waals surface area contributed by atoms with Crippen LogP contribution in [0.15, 0.2) is 18.2 Å². The van der Waals surface area contributed by atoms with Gasteiger partial charge in [0.15, 0.2) is 6.10 Å². The third kappa shape index (κ3) is 2.38. The molecule has 0 aliphatic heterocycles. The first-order valence-corrected chi connectivity index (χ1v) is 4.37. The maximum absolute atomic E-state index is 12.4. The van der Waals surface area contributed by atoms with Crippen molar-refractivity contribution < 1.29 is 27.8 Å². The van der Waals surface area contributed by atoms with E-state index in [2.05, 4.69) is 0 Å². The smallest absolute Gasteiger partial charge is 0.418 e. The second kappa shape index (κ2) is 4.61. The van der Waals surface area contributed by atoms with E-state index in [0.29, 0.717) is 0 Å². The van der Waals surface area contributed by atoms with Gasteiger partial charge in [0.05, 0.1) is 19.8 Å². The molecule has 90 valence electrons. The van der Waals surface area contributed by atoms with Crippen LogP contribution >= 0.6 is 0 Å². The van der Waals surface area contributed by atoms with Gasteiger partial charge in [-0.1, -0.05) is 6.07 Å². The molecule has 1 aromatic rings. The molecule has 1 aromatic carbocycles. The van der Waals surface area contributed by atoms with Crippen LogP contribution in [0, 0.1) is 0 Å². The molecule has 0 radical (unpaired) electrons. The average Bonchev–Trinajstić information content (AvgIpc) is 2.25. The number of hydrogen-bond donors (Lipinski definition) is 1. The molecule has 1 unspecified atom stereocenters. The Morgan fingerprint density at radius 2 is 1.56 bits per heavy atom. The van der Waals surface area contributed by atoms with Crippen LogP contribution in [0.4, 0.5) is 13.2 Å². The minimum Gasteiger partial charge on any atom is -0.496 e. The topological polar surface area (TPSA) is 38.7 Å². The van der Waals surface area contributed by atoms with Crippen molar-refractivity contribution in [2.45, 2.75) is 12.3 Å². The Balaban J connectivity index is 3.28. The molecule has 0 aromatic heterocycles. The Hall–Kier alpha value is -1.43. The highest BCUT2D eigenvalue weighted by molar-refractivity contribution is 5.46. The largest absolute Gasteiger partial charge is 0.496 e. The predicted molar refractivity (Wildman–Crippen MR) is 50.6 cm³/mol. The molecule has 16 heavy (non-hydrogen) atoms. The van der Waals surface area contributed by atoms with Crippen molar-refractivity contribution in [3.63, 3.8) is 0 Å². The van der Waals surface area contributed by atoms with Crippen molar-refractivity contribution in [3.05, 3.63) is 23.8 Å². The van der Waals surface area contributed by atoms with Crippen molar-refractivity contribution in [1.82, 2.24) is 0 Å². The van der Waals surface area contributed by atoms with E-state index in [1.165, 1.54) is 32.4 Å². The van der Waals surface area contributed by atoms with Crippen LogP contribution in [-0.4, -0.2) is 25.5 Å². The molecule has 3 nitrogen and oxygen atoms in total. The number of hydrogen-bond acceptors (Lipinski definition) is 3. The van der Waals surface area contributed by atoms with Crippen LogP contribution in [0.2, 0.25) is 0 Å². The molecule has 1 N–H and O–H groups in total. The lowest BCUT2D eigenvalue weighted by atomic mass is 10.1. The van der Waals surface area contributed by atoms with Crippen LogP contribution in [0.5, 0.6) is 11.5 Å². The number of halogens is 3. The number of methoxy groups -OCH3 is 2. The first-order valence-electron chi connectivity index (χ1n) is 4.37. The van der Waals surface area contributed by atoms with E-state index in [1.54, 1.807) is 0 Å². The van der Waals surface area contributed by atoms with E-state index in [-0.39, 0.29) is 11.5 Å². The van der Waals surface area contributed by atoms with E-state index in [9.17, 15) is 18.3 Å². The second-order valence-electron chi connectivity index (χ2n) is 3.02. The van der Waals surface area contributed by atoms with Crippen LogP contribution in [0.3, 0.4) is 0 Å². The van der Waals surface area contributed by atoms with Gasteiger partial charge >= 0.3 is 6.18 Å². The molecule has 0 amide bonds. The maximum atomic E-state index is 12.4. The van der Waals surface area contributed by atoms with Gasteiger partial charge in [0.1, 0.15) is 11.5 Å². The SMILES string of the molecule is COc1cccc(OC)c1C(O)C(F)(F)F. The zero-order valence-electron chi connectivity index (χ0n) is 8.71. The Kier molecular flexibility index (Phi) is 3.64. The number of ether oxygens (including phenoxy) is 2. The Morgan fingerprint density at radius 1 is 1.12 bits per heavy atom. The van der Waals surface area contributed by atoms with Gasteiger partial charge in [-0.25, -0.2) is 0 Å². The molecular weight excluding hydrogens is 225 g/mol. The van der Waals surface area contributed by atoms with Crippen molar-refractivity contribution in [2.75, 3.05) is 14.2 Å². The van der Waals surface area contributed by atoms with Crippen molar-refractivity contribution in [2.24, 2.45) is 0 Å². The number of rotatable bonds is 3. The highest BCUT2D eigenvalue weighted by Gasteiger charge is 2.42. The molecule has 0 saturated carbocycles. The van der Waals surface area contributed by atoms with Gasteiger partial charge in [0, 0.05) is 0 Å². The van der Waals surface area contributed by atoms with Crippen LogP contribution in [-0.2, 0) is 0 Å². The fourth-order valence-corrected chi connectivity index (χ4v) is 1.31. The number of alkyl halides is 3. The summed E-state index contributed by atoms with van der Waals surface area (Å²) in [5.41, 5.74) is -0.417. The monoisotopic (exact) mass is 236 g/mol. The minimum atomic E-state index is -4.76. The van der Waals surface area contributed by atoms with Crippen LogP contribution < -0.4 is 9.47 Å². The Morgan fingerprint density at radius 3 is 1.88 bits per heavy atom.